The zero-order valence-corrected chi connectivity index (χ0v) is 18.4. The third kappa shape index (κ3) is 4.72. The van der Waals surface area contributed by atoms with Crippen LogP contribution in [0.15, 0.2) is 70.0 Å². The lowest BCUT2D eigenvalue weighted by Crippen LogP contribution is -2.48. The topological polar surface area (TPSA) is 53.8 Å². The lowest BCUT2D eigenvalue weighted by molar-refractivity contribution is 0.0713. The van der Waals surface area contributed by atoms with E-state index < -0.39 is 10.8 Å². The van der Waals surface area contributed by atoms with Gasteiger partial charge in [-0.3, -0.25) is 9.00 Å². The zero-order valence-electron chi connectivity index (χ0n) is 16.1. The molecule has 0 bridgehead atoms. The second-order valence-corrected chi connectivity index (χ2v) is 9.21. The van der Waals surface area contributed by atoms with Gasteiger partial charge in [0, 0.05) is 36.9 Å². The number of anilines is 1. The quantitative estimate of drug-likeness (QED) is 0.543. The molecular weight excluding hydrogens is 443 g/mol. The molecular formula is C22H20Cl2N2O3S. The normalized spacial score (nSPS) is 15.3. The maximum atomic E-state index is 12.8. The Labute approximate surface area is 187 Å². The highest BCUT2D eigenvalue weighted by Gasteiger charge is 2.25. The van der Waals surface area contributed by atoms with Gasteiger partial charge in [0.05, 0.1) is 26.5 Å². The molecule has 0 unspecified atom stereocenters. The van der Waals surface area contributed by atoms with E-state index in [2.05, 4.69) is 4.90 Å². The van der Waals surface area contributed by atoms with Gasteiger partial charge in [0.15, 0.2) is 5.76 Å². The fourth-order valence-electron chi connectivity index (χ4n) is 3.38. The molecule has 1 atom stereocenters. The Morgan fingerprint density at radius 1 is 0.933 bits per heavy atom. The number of nitrogens with zero attached hydrogens (tertiary/aromatic N) is 2. The summed E-state index contributed by atoms with van der Waals surface area (Å²) >= 11 is 12.1. The zero-order chi connectivity index (χ0) is 21.1. The Kier molecular flexibility index (Phi) is 6.46. The summed E-state index contributed by atoms with van der Waals surface area (Å²) in [7, 11) is -1.34. The van der Waals surface area contributed by atoms with Crippen molar-refractivity contribution in [3.05, 3.63) is 82.2 Å². The number of carbonyl (C=O) groups excluding carboxylic acids is 1. The first-order valence-electron chi connectivity index (χ1n) is 9.52. The summed E-state index contributed by atoms with van der Waals surface area (Å²) in [5.41, 5.74) is 1.09. The fraction of sp³-hybridized carbons (Fsp3) is 0.227. The van der Waals surface area contributed by atoms with Gasteiger partial charge in [0.1, 0.15) is 5.76 Å². The summed E-state index contributed by atoms with van der Waals surface area (Å²) in [6, 6.07) is 18.1. The van der Waals surface area contributed by atoms with Gasteiger partial charge in [-0.15, -0.1) is 0 Å². The predicted octanol–water partition coefficient (Wildman–Crippen LogP) is 4.86. The lowest BCUT2D eigenvalue weighted by Gasteiger charge is -2.35. The van der Waals surface area contributed by atoms with E-state index in [9.17, 15) is 9.00 Å². The van der Waals surface area contributed by atoms with E-state index in [1.807, 2.05) is 24.3 Å². The minimum Gasteiger partial charge on any atom is -0.455 e. The molecule has 1 aromatic heterocycles. The summed E-state index contributed by atoms with van der Waals surface area (Å²) in [5.74, 6) is 0.777. The van der Waals surface area contributed by atoms with Crippen LogP contribution in [-0.2, 0) is 16.6 Å². The number of furan rings is 1. The number of hydrogen-bond acceptors (Lipinski definition) is 4. The molecule has 8 heteroatoms. The average molecular weight is 463 g/mol. The van der Waals surface area contributed by atoms with Crippen LogP contribution in [0.5, 0.6) is 0 Å². The van der Waals surface area contributed by atoms with Gasteiger partial charge in [-0.1, -0.05) is 35.3 Å². The summed E-state index contributed by atoms with van der Waals surface area (Å²) in [6.45, 7) is 2.67. The molecule has 4 rings (SSSR count). The highest BCUT2D eigenvalue weighted by molar-refractivity contribution is 7.84. The van der Waals surface area contributed by atoms with Gasteiger partial charge in [-0.2, -0.15) is 0 Å². The molecule has 3 aromatic rings. The number of hydrogen-bond donors (Lipinski definition) is 0. The van der Waals surface area contributed by atoms with Crippen LogP contribution in [0.1, 0.15) is 16.3 Å². The Morgan fingerprint density at radius 3 is 2.33 bits per heavy atom. The van der Waals surface area contributed by atoms with Gasteiger partial charge in [-0.25, -0.2) is 0 Å². The highest BCUT2D eigenvalue weighted by Crippen LogP contribution is 2.23. The molecule has 30 heavy (non-hydrogen) atoms. The molecule has 0 radical (unpaired) electrons. The summed E-state index contributed by atoms with van der Waals surface area (Å²) in [5, 5.41) is 1.16. The summed E-state index contributed by atoms with van der Waals surface area (Å²) in [6.07, 6.45) is 0. The Balaban J connectivity index is 1.36. The van der Waals surface area contributed by atoms with Crippen LogP contribution in [0.2, 0.25) is 10.0 Å². The van der Waals surface area contributed by atoms with Crippen LogP contribution >= 0.6 is 23.2 Å². The molecule has 2 aromatic carbocycles. The van der Waals surface area contributed by atoms with Gasteiger partial charge in [0.25, 0.3) is 5.91 Å². The van der Waals surface area contributed by atoms with Gasteiger partial charge >= 0.3 is 0 Å². The first kappa shape index (κ1) is 21.0. The minimum atomic E-state index is -1.34. The molecule has 1 fully saturated rings. The lowest BCUT2D eigenvalue weighted by atomic mass is 10.2. The van der Waals surface area contributed by atoms with Crippen molar-refractivity contribution in [2.75, 3.05) is 31.1 Å². The number of halogens is 2. The van der Waals surface area contributed by atoms with Crippen LogP contribution in [0.4, 0.5) is 5.69 Å². The van der Waals surface area contributed by atoms with Crippen molar-refractivity contribution < 1.29 is 13.4 Å². The number of amides is 1. The van der Waals surface area contributed by atoms with Crippen molar-refractivity contribution in [2.45, 2.75) is 10.6 Å². The van der Waals surface area contributed by atoms with E-state index >= 15 is 0 Å². The van der Waals surface area contributed by atoms with Crippen LogP contribution in [0, 0.1) is 0 Å². The number of rotatable bonds is 5. The second-order valence-electron chi connectivity index (χ2n) is 6.94. The minimum absolute atomic E-state index is 0.152. The number of benzene rings is 2. The highest BCUT2D eigenvalue weighted by atomic mass is 35.5. The summed E-state index contributed by atoms with van der Waals surface area (Å²) in [4.78, 5) is 17.4. The van der Waals surface area contributed by atoms with E-state index in [0.717, 1.165) is 18.8 Å². The van der Waals surface area contributed by atoms with E-state index in [1.54, 1.807) is 41.3 Å². The van der Waals surface area contributed by atoms with Crippen molar-refractivity contribution >= 4 is 45.6 Å². The van der Waals surface area contributed by atoms with Gasteiger partial charge in [0.2, 0.25) is 0 Å². The predicted molar refractivity (Wildman–Crippen MR) is 120 cm³/mol. The molecule has 1 aliphatic rings. The smallest absolute Gasteiger partial charge is 0.289 e. The SMILES string of the molecule is O=C(c1ccc(C[S@](=O)c2ccccc2Cl)o1)N1CCN(c2ccc(Cl)cc2)CC1. The largest absolute Gasteiger partial charge is 0.455 e. The molecule has 0 aliphatic carbocycles. The second kappa shape index (κ2) is 9.25. The average Bonchev–Trinajstić information content (AvgIpc) is 3.22. The maximum Gasteiger partial charge on any atom is 0.289 e. The van der Waals surface area contributed by atoms with Crippen molar-refractivity contribution in [1.29, 1.82) is 0 Å². The fourth-order valence-corrected chi connectivity index (χ4v) is 4.99. The van der Waals surface area contributed by atoms with E-state index in [4.69, 9.17) is 27.6 Å². The molecule has 5 nitrogen and oxygen atoms in total. The number of carbonyl (C=O) groups is 1. The van der Waals surface area contributed by atoms with Crippen LogP contribution in [0.25, 0.3) is 0 Å². The third-order valence-corrected chi connectivity index (χ3v) is 7.07. The van der Waals surface area contributed by atoms with Crippen LogP contribution in [-0.4, -0.2) is 41.2 Å². The first-order valence-corrected chi connectivity index (χ1v) is 11.6. The summed E-state index contributed by atoms with van der Waals surface area (Å²) < 4.78 is 18.3. The molecule has 1 amide bonds. The Morgan fingerprint density at radius 2 is 1.63 bits per heavy atom. The Bertz CT molecular complexity index is 1060. The van der Waals surface area contributed by atoms with E-state index in [-0.39, 0.29) is 17.4 Å². The van der Waals surface area contributed by atoms with E-state index in [1.165, 1.54) is 0 Å². The van der Waals surface area contributed by atoms with Crippen molar-refractivity contribution in [2.24, 2.45) is 0 Å². The van der Waals surface area contributed by atoms with E-state index in [0.29, 0.717) is 33.8 Å². The standard InChI is InChI=1S/C22H20Cl2N2O3S/c23-16-5-7-17(8-6-16)25-11-13-26(14-12-25)22(27)20-10-9-18(29-20)15-30(28)21-4-2-1-3-19(21)24/h1-10H,11-15H2/t30-/m0/s1. The molecule has 0 spiro atoms. The van der Waals surface area contributed by atoms with Gasteiger partial charge in [-0.05, 0) is 48.5 Å². The van der Waals surface area contributed by atoms with Crippen molar-refractivity contribution in [3.63, 3.8) is 0 Å². The molecule has 156 valence electrons. The molecule has 0 N–H and O–H groups in total. The van der Waals surface area contributed by atoms with Crippen LogP contribution < -0.4 is 4.90 Å². The van der Waals surface area contributed by atoms with Crippen molar-refractivity contribution in [3.8, 4) is 0 Å². The van der Waals surface area contributed by atoms with Crippen molar-refractivity contribution in [1.82, 2.24) is 4.90 Å². The molecule has 2 heterocycles. The molecule has 1 aliphatic heterocycles. The van der Waals surface area contributed by atoms with Gasteiger partial charge < -0.3 is 14.2 Å². The maximum absolute atomic E-state index is 12.8. The number of piperazine rings is 1. The van der Waals surface area contributed by atoms with Crippen LogP contribution in [0.3, 0.4) is 0 Å². The molecule has 0 saturated carbocycles. The first-order chi connectivity index (χ1) is 14.5. The monoisotopic (exact) mass is 462 g/mol. The third-order valence-electron chi connectivity index (χ3n) is 4.99. The Hall–Kier alpha value is -2.28. The molecule has 1 saturated heterocycles.